The summed E-state index contributed by atoms with van der Waals surface area (Å²) in [6.07, 6.45) is 0.229. The fraction of sp³-hybridized carbons (Fsp3) is 0.385. The lowest BCUT2D eigenvalue weighted by Crippen LogP contribution is -2.26. The summed E-state index contributed by atoms with van der Waals surface area (Å²) in [7, 11) is 0. The number of amides is 1. The Labute approximate surface area is 95.9 Å². The molecular formula is C13H17NO2. The van der Waals surface area contributed by atoms with Crippen molar-refractivity contribution in [2.24, 2.45) is 0 Å². The summed E-state index contributed by atoms with van der Waals surface area (Å²) in [5.41, 5.74) is 0.904. The van der Waals surface area contributed by atoms with E-state index < -0.39 is 0 Å². The maximum atomic E-state index is 11.5. The van der Waals surface area contributed by atoms with Crippen LogP contribution in [0.15, 0.2) is 30.3 Å². The molecule has 0 spiro atoms. The van der Waals surface area contributed by atoms with Gasteiger partial charge in [0.2, 0.25) is 5.91 Å². The molecule has 0 aromatic heterocycles. The van der Waals surface area contributed by atoms with E-state index >= 15 is 0 Å². The van der Waals surface area contributed by atoms with Crippen LogP contribution in [0.5, 0.6) is 0 Å². The Balaban J connectivity index is 2.77. The van der Waals surface area contributed by atoms with Crippen LogP contribution < -0.4 is 5.32 Å². The second-order valence-corrected chi connectivity index (χ2v) is 3.73. The minimum atomic E-state index is -0.326. The van der Waals surface area contributed by atoms with Crippen LogP contribution in [0, 0.1) is 0 Å². The van der Waals surface area contributed by atoms with Gasteiger partial charge in [-0.05, 0) is 19.4 Å². The average Bonchev–Trinajstić information content (AvgIpc) is 2.27. The van der Waals surface area contributed by atoms with Gasteiger partial charge >= 0.3 is 0 Å². The van der Waals surface area contributed by atoms with E-state index in [1.807, 2.05) is 37.3 Å². The van der Waals surface area contributed by atoms with Crippen molar-refractivity contribution in [2.75, 3.05) is 6.54 Å². The van der Waals surface area contributed by atoms with Gasteiger partial charge < -0.3 is 5.32 Å². The highest BCUT2D eigenvalue weighted by atomic mass is 16.2. The highest BCUT2D eigenvalue weighted by Gasteiger charge is 2.19. The molecule has 0 aliphatic carbocycles. The first-order chi connectivity index (χ1) is 7.65. The van der Waals surface area contributed by atoms with Crippen LogP contribution in [-0.2, 0) is 9.59 Å². The van der Waals surface area contributed by atoms with Crippen molar-refractivity contribution in [2.45, 2.75) is 26.2 Å². The Morgan fingerprint density at radius 2 is 1.88 bits per heavy atom. The summed E-state index contributed by atoms with van der Waals surface area (Å²) >= 11 is 0. The number of benzene rings is 1. The van der Waals surface area contributed by atoms with Crippen LogP contribution in [0.4, 0.5) is 0 Å². The third kappa shape index (κ3) is 3.50. The minimum absolute atomic E-state index is 0.0254. The first-order valence-electron chi connectivity index (χ1n) is 5.47. The smallest absolute Gasteiger partial charge is 0.221 e. The third-order valence-corrected chi connectivity index (χ3v) is 2.46. The van der Waals surface area contributed by atoms with E-state index in [0.717, 1.165) is 5.56 Å². The fourth-order valence-corrected chi connectivity index (χ4v) is 1.64. The van der Waals surface area contributed by atoms with Crippen molar-refractivity contribution in [3.63, 3.8) is 0 Å². The van der Waals surface area contributed by atoms with Crippen molar-refractivity contribution < 1.29 is 9.59 Å². The zero-order chi connectivity index (χ0) is 12.0. The number of rotatable bonds is 5. The number of Topliss-reactive ketones (excluding diaryl/α,β-unsaturated/α-hetero) is 1. The zero-order valence-corrected chi connectivity index (χ0v) is 9.69. The maximum Gasteiger partial charge on any atom is 0.221 e. The standard InChI is InChI=1S/C13H17NO2/c1-3-14-13(16)9-12(10(2)15)11-7-5-4-6-8-11/h4-8,12H,3,9H2,1-2H3,(H,14,16). The normalized spacial score (nSPS) is 11.9. The molecule has 16 heavy (non-hydrogen) atoms. The predicted octanol–water partition coefficient (Wildman–Crippen LogP) is 1.89. The predicted molar refractivity (Wildman–Crippen MR) is 63.2 cm³/mol. The summed E-state index contributed by atoms with van der Waals surface area (Å²) in [5, 5.41) is 2.71. The molecule has 1 N–H and O–H groups in total. The lowest BCUT2D eigenvalue weighted by atomic mass is 9.92. The lowest BCUT2D eigenvalue weighted by molar-refractivity contribution is -0.125. The van der Waals surface area contributed by atoms with Gasteiger partial charge in [-0.25, -0.2) is 0 Å². The Morgan fingerprint density at radius 1 is 1.25 bits per heavy atom. The van der Waals surface area contributed by atoms with Crippen molar-refractivity contribution in [3.8, 4) is 0 Å². The molecule has 86 valence electrons. The topological polar surface area (TPSA) is 46.2 Å². The second-order valence-electron chi connectivity index (χ2n) is 3.73. The number of hydrogen-bond acceptors (Lipinski definition) is 2. The number of carbonyl (C=O) groups is 2. The van der Waals surface area contributed by atoms with Gasteiger partial charge in [0.1, 0.15) is 5.78 Å². The molecule has 0 saturated heterocycles. The second kappa shape index (κ2) is 6.05. The van der Waals surface area contributed by atoms with Crippen molar-refractivity contribution in [1.82, 2.24) is 5.32 Å². The highest BCUT2D eigenvalue weighted by Crippen LogP contribution is 2.20. The van der Waals surface area contributed by atoms with Crippen molar-refractivity contribution >= 4 is 11.7 Å². The molecule has 0 saturated carbocycles. The molecular weight excluding hydrogens is 202 g/mol. The molecule has 0 heterocycles. The Hall–Kier alpha value is -1.64. The zero-order valence-electron chi connectivity index (χ0n) is 9.69. The number of ketones is 1. The third-order valence-electron chi connectivity index (χ3n) is 2.46. The van der Waals surface area contributed by atoms with Gasteiger partial charge in [-0.1, -0.05) is 30.3 Å². The first-order valence-corrected chi connectivity index (χ1v) is 5.47. The molecule has 3 heteroatoms. The molecule has 0 aliphatic heterocycles. The lowest BCUT2D eigenvalue weighted by Gasteiger charge is -2.13. The molecule has 1 amide bonds. The van der Waals surface area contributed by atoms with Gasteiger partial charge in [-0.2, -0.15) is 0 Å². The van der Waals surface area contributed by atoms with Gasteiger partial charge in [0.05, 0.1) is 5.92 Å². The monoisotopic (exact) mass is 219 g/mol. The van der Waals surface area contributed by atoms with E-state index in [0.29, 0.717) is 6.54 Å². The van der Waals surface area contributed by atoms with Gasteiger partial charge in [-0.3, -0.25) is 9.59 Å². The van der Waals surface area contributed by atoms with Gasteiger partial charge in [-0.15, -0.1) is 0 Å². The average molecular weight is 219 g/mol. The van der Waals surface area contributed by atoms with E-state index in [4.69, 9.17) is 0 Å². The van der Waals surface area contributed by atoms with Crippen molar-refractivity contribution in [1.29, 1.82) is 0 Å². The van der Waals surface area contributed by atoms with E-state index in [9.17, 15) is 9.59 Å². The Bertz CT molecular complexity index is 359. The van der Waals surface area contributed by atoms with Gasteiger partial charge in [0.15, 0.2) is 0 Å². The highest BCUT2D eigenvalue weighted by molar-refractivity contribution is 5.89. The quantitative estimate of drug-likeness (QED) is 0.822. The molecule has 0 fully saturated rings. The summed E-state index contributed by atoms with van der Waals surface area (Å²) in [6, 6.07) is 9.41. The molecule has 0 bridgehead atoms. The maximum absolute atomic E-state index is 11.5. The molecule has 0 radical (unpaired) electrons. The summed E-state index contributed by atoms with van der Waals surface area (Å²) in [4.78, 5) is 23.0. The van der Waals surface area contributed by atoms with Crippen LogP contribution >= 0.6 is 0 Å². The molecule has 1 unspecified atom stereocenters. The van der Waals surface area contributed by atoms with Gasteiger partial charge in [0, 0.05) is 13.0 Å². The molecule has 1 rings (SSSR count). The molecule has 1 aromatic carbocycles. The number of carbonyl (C=O) groups excluding carboxylic acids is 2. The van der Waals surface area contributed by atoms with E-state index in [-0.39, 0.29) is 24.0 Å². The summed E-state index contributed by atoms with van der Waals surface area (Å²) < 4.78 is 0. The summed E-state index contributed by atoms with van der Waals surface area (Å²) in [6.45, 7) is 3.98. The van der Waals surface area contributed by atoms with E-state index in [1.54, 1.807) is 0 Å². The number of nitrogens with one attached hydrogen (secondary N) is 1. The Morgan fingerprint density at radius 3 is 2.38 bits per heavy atom. The van der Waals surface area contributed by atoms with Crippen LogP contribution in [0.1, 0.15) is 31.7 Å². The summed E-state index contributed by atoms with van der Waals surface area (Å²) in [5.74, 6) is -0.378. The van der Waals surface area contributed by atoms with Gasteiger partial charge in [0.25, 0.3) is 0 Å². The Kier molecular flexibility index (Phi) is 4.70. The van der Waals surface area contributed by atoms with E-state index in [2.05, 4.69) is 5.32 Å². The number of hydrogen-bond donors (Lipinski definition) is 1. The van der Waals surface area contributed by atoms with E-state index in [1.165, 1.54) is 6.92 Å². The largest absolute Gasteiger partial charge is 0.356 e. The molecule has 0 aliphatic rings. The molecule has 1 atom stereocenters. The molecule has 1 aromatic rings. The minimum Gasteiger partial charge on any atom is -0.356 e. The van der Waals surface area contributed by atoms with Crippen LogP contribution in [0.3, 0.4) is 0 Å². The van der Waals surface area contributed by atoms with Crippen LogP contribution in [-0.4, -0.2) is 18.2 Å². The SMILES string of the molecule is CCNC(=O)CC(C(C)=O)c1ccccc1. The van der Waals surface area contributed by atoms with Crippen molar-refractivity contribution in [3.05, 3.63) is 35.9 Å². The van der Waals surface area contributed by atoms with Crippen LogP contribution in [0.25, 0.3) is 0 Å². The molecule has 3 nitrogen and oxygen atoms in total. The van der Waals surface area contributed by atoms with Crippen LogP contribution in [0.2, 0.25) is 0 Å². The fourth-order valence-electron chi connectivity index (χ4n) is 1.64. The first kappa shape index (κ1) is 12.4.